The summed E-state index contributed by atoms with van der Waals surface area (Å²) in [5.41, 5.74) is 3.53. The minimum absolute atomic E-state index is 0.0522. The van der Waals surface area contributed by atoms with Crippen LogP contribution in [0.15, 0.2) is 36.5 Å². The molecule has 2 unspecified atom stereocenters. The van der Waals surface area contributed by atoms with E-state index in [4.69, 9.17) is 17.0 Å². The van der Waals surface area contributed by atoms with Crippen LogP contribution in [0.25, 0.3) is 0 Å². The Kier molecular flexibility index (Phi) is 5.43. The minimum atomic E-state index is 0.0522. The van der Waals surface area contributed by atoms with Crippen LogP contribution >= 0.6 is 12.2 Å². The summed E-state index contributed by atoms with van der Waals surface area (Å²) >= 11 is 5.75. The van der Waals surface area contributed by atoms with Gasteiger partial charge in [0.25, 0.3) is 0 Å². The first-order valence-electron chi connectivity index (χ1n) is 9.55. The average Bonchev–Trinajstić information content (AvgIpc) is 3.20. The van der Waals surface area contributed by atoms with E-state index in [1.165, 1.54) is 11.4 Å². The van der Waals surface area contributed by atoms with Gasteiger partial charge in [0, 0.05) is 50.8 Å². The zero-order valence-corrected chi connectivity index (χ0v) is 16.8. The zero-order chi connectivity index (χ0) is 18.8. The van der Waals surface area contributed by atoms with Gasteiger partial charge in [-0.25, -0.2) is 0 Å². The monoisotopic (exact) mass is 385 g/mol. The van der Waals surface area contributed by atoms with Gasteiger partial charge >= 0.3 is 0 Å². The zero-order valence-electron chi connectivity index (χ0n) is 16.0. The number of morpholine rings is 1. The molecule has 2 saturated heterocycles. The summed E-state index contributed by atoms with van der Waals surface area (Å²) in [4.78, 5) is 9.39. The number of nitrogens with one attached hydrogen (secondary N) is 1. The van der Waals surface area contributed by atoms with Crippen molar-refractivity contribution in [2.75, 3.05) is 39.4 Å². The van der Waals surface area contributed by atoms with E-state index in [-0.39, 0.29) is 12.1 Å². The maximum absolute atomic E-state index is 5.75. The number of ether oxygens (including phenoxy) is 1. The highest BCUT2D eigenvalue weighted by Gasteiger charge is 2.41. The van der Waals surface area contributed by atoms with Crippen molar-refractivity contribution in [3.8, 4) is 0 Å². The van der Waals surface area contributed by atoms with E-state index in [0.29, 0.717) is 0 Å². The van der Waals surface area contributed by atoms with Crippen LogP contribution in [0.4, 0.5) is 0 Å². The Balaban J connectivity index is 1.61. The van der Waals surface area contributed by atoms with E-state index in [9.17, 15) is 0 Å². The number of aryl methyl sites for hydroxylation is 1. The molecule has 2 aromatic rings. The summed E-state index contributed by atoms with van der Waals surface area (Å²) in [6.45, 7) is 7.64. The summed E-state index contributed by atoms with van der Waals surface area (Å²) in [5.74, 6) is 0. The number of rotatable bonds is 5. The molecule has 2 aromatic heterocycles. The molecule has 6 nitrogen and oxygen atoms in total. The molecule has 4 rings (SSSR count). The number of pyridine rings is 1. The van der Waals surface area contributed by atoms with Gasteiger partial charge in [-0.3, -0.25) is 9.88 Å². The number of hydrogen-bond donors (Lipinski definition) is 1. The topological polar surface area (TPSA) is 45.6 Å². The fourth-order valence-electron chi connectivity index (χ4n) is 3.97. The highest BCUT2D eigenvalue weighted by atomic mass is 32.1. The van der Waals surface area contributed by atoms with E-state index in [2.05, 4.69) is 56.8 Å². The Morgan fingerprint density at radius 3 is 2.67 bits per heavy atom. The smallest absolute Gasteiger partial charge is 0.170 e. The lowest BCUT2D eigenvalue weighted by Crippen LogP contribution is -2.42. The summed E-state index contributed by atoms with van der Waals surface area (Å²) in [6.07, 6.45) is 1.85. The molecule has 0 aromatic carbocycles. The second kappa shape index (κ2) is 7.96. The van der Waals surface area contributed by atoms with Crippen LogP contribution in [0.3, 0.4) is 0 Å². The summed E-state index contributed by atoms with van der Waals surface area (Å²) in [5, 5.41) is 4.34. The standard InChI is InChI=1S/C20H27N5OS/c1-15-6-7-17(23(15)2)19-18(16-5-3-4-8-21-16)22-20(27)25(19)10-9-24-11-13-26-14-12-24/h3-8,18-19H,9-14H2,1-2H3,(H,22,27). The van der Waals surface area contributed by atoms with Crippen molar-refractivity contribution >= 4 is 17.3 Å². The Hall–Kier alpha value is -1.96. The van der Waals surface area contributed by atoms with Crippen LogP contribution in [0.5, 0.6) is 0 Å². The quantitative estimate of drug-likeness (QED) is 0.795. The maximum atomic E-state index is 5.75. The van der Waals surface area contributed by atoms with Crippen molar-refractivity contribution in [3.05, 3.63) is 53.6 Å². The van der Waals surface area contributed by atoms with Crippen LogP contribution in [0.2, 0.25) is 0 Å². The fraction of sp³-hybridized carbons (Fsp3) is 0.500. The van der Waals surface area contributed by atoms with Crippen molar-refractivity contribution in [1.29, 1.82) is 0 Å². The van der Waals surface area contributed by atoms with Crippen LogP contribution in [-0.4, -0.2) is 63.9 Å². The van der Waals surface area contributed by atoms with Crippen molar-refractivity contribution in [1.82, 2.24) is 24.7 Å². The molecule has 4 heterocycles. The van der Waals surface area contributed by atoms with Gasteiger partial charge < -0.3 is 19.5 Å². The molecule has 27 heavy (non-hydrogen) atoms. The lowest BCUT2D eigenvalue weighted by Gasteiger charge is -2.32. The summed E-state index contributed by atoms with van der Waals surface area (Å²) in [7, 11) is 2.13. The molecule has 144 valence electrons. The normalized spacial score (nSPS) is 23.6. The molecular weight excluding hydrogens is 358 g/mol. The fourth-order valence-corrected chi connectivity index (χ4v) is 4.30. The Labute approximate surface area is 166 Å². The molecule has 0 saturated carbocycles. The van der Waals surface area contributed by atoms with Gasteiger partial charge in [0.05, 0.1) is 31.0 Å². The van der Waals surface area contributed by atoms with Crippen molar-refractivity contribution in [2.24, 2.45) is 7.05 Å². The first-order chi connectivity index (χ1) is 13.1. The maximum Gasteiger partial charge on any atom is 0.170 e. The van der Waals surface area contributed by atoms with Crippen LogP contribution in [-0.2, 0) is 11.8 Å². The number of hydrogen-bond acceptors (Lipinski definition) is 4. The highest BCUT2D eigenvalue weighted by molar-refractivity contribution is 7.80. The minimum Gasteiger partial charge on any atom is -0.379 e. The van der Waals surface area contributed by atoms with Gasteiger partial charge in [-0.15, -0.1) is 0 Å². The van der Waals surface area contributed by atoms with E-state index < -0.39 is 0 Å². The molecule has 2 fully saturated rings. The predicted octanol–water partition coefficient (Wildman–Crippen LogP) is 2.03. The third kappa shape index (κ3) is 3.72. The highest BCUT2D eigenvalue weighted by Crippen LogP contribution is 2.38. The molecule has 0 aliphatic carbocycles. The number of aromatic nitrogens is 2. The lowest BCUT2D eigenvalue weighted by molar-refractivity contribution is 0.0349. The Morgan fingerprint density at radius 2 is 2.00 bits per heavy atom. The first-order valence-corrected chi connectivity index (χ1v) is 9.96. The van der Waals surface area contributed by atoms with Gasteiger partial charge in [-0.2, -0.15) is 0 Å². The van der Waals surface area contributed by atoms with Gasteiger partial charge in [0.1, 0.15) is 0 Å². The largest absolute Gasteiger partial charge is 0.379 e. The van der Waals surface area contributed by atoms with Crippen LogP contribution < -0.4 is 5.32 Å². The molecular formula is C20H27N5OS. The molecule has 0 bridgehead atoms. The molecule has 2 atom stereocenters. The first kappa shape index (κ1) is 18.4. The van der Waals surface area contributed by atoms with E-state index in [0.717, 1.165) is 50.2 Å². The molecule has 0 spiro atoms. The molecule has 0 radical (unpaired) electrons. The average molecular weight is 386 g/mol. The van der Waals surface area contributed by atoms with Crippen molar-refractivity contribution in [3.63, 3.8) is 0 Å². The summed E-state index contributed by atoms with van der Waals surface area (Å²) in [6, 6.07) is 10.6. The van der Waals surface area contributed by atoms with E-state index >= 15 is 0 Å². The summed E-state index contributed by atoms with van der Waals surface area (Å²) < 4.78 is 7.73. The van der Waals surface area contributed by atoms with Crippen molar-refractivity contribution in [2.45, 2.75) is 19.0 Å². The van der Waals surface area contributed by atoms with Crippen LogP contribution in [0.1, 0.15) is 29.2 Å². The molecule has 0 amide bonds. The SMILES string of the molecule is Cc1ccc(C2C(c3ccccn3)NC(=S)N2CCN2CCOCC2)n1C. The molecule has 2 aliphatic heterocycles. The Bertz CT molecular complexity index is 787. The third-order valence-electron chi connectivity index (χ3n) is 5.67. The van der Waals surface area contributed by atoms with E-state index in [1.54, 1.807) is 0 Å². The lowest BCUT2D eigenvalue weighted by atomic mass is 10.0. The second-order valence-corrected chi connectivity index (χ2v) is 7.62. The molecule has 2 aliphatic rings. The Morgan fingerprint density at radius 1 is 1.19 bits per heavy atom. The number of nitrogens with zero attached hydrogens (tertiary/aromatic N) is 4. The molecule has 1 N–H and O–H groups in total. The van der Waals surface area contributed by atoms with E-state index in [1.807, 2.05) is 18.3 Å². The van der Waals surface area contributed by atoms with Gasteiger partial charge in [0.2, 0.25) is 0 Å². The van der Waals surface area contributed by atoms with Crippen molar-refractivity contribution < 1.29 is 4.74 Å². The second-order valence-electron chi connectivity index (χ2n) is 7.23. The molecule has 7 heteroatoms. The van der Waals surface area contributed by atoms with Gasteiger partial charge in [0.15, 0.2) is 5.11 Å². The predicted molar refractivity (Wildman–Crippen MR) is 110 cm³/mol. The number of thiocarbonyl (C=S) groups is 1. The van der Waals surface area contributed by atoms with Gasteiger partial charge in [-0.05, 0) is 43.4 Å². The third-order valence-corrected chi connectivity index (χ3v) is 6.03. The van der Waals surface area contributed by atoms with Crippen LogP contribution in [0, 0.1) is 6.92 Å². The van der Waals surface area contributed by atoms with Gasteiger partial charge in [-0.1, -0.05) is 6.07 Å².